The predicted octanol–water partition coefficient (Wildman–Crippen LogP) is 1.89. The molecule has 0 aliphatic rings. The number of pyridine rings is 1. The molecule has 2 rings (SSSR count). The molecule has 5 nitrogen and oxygen atoms in total. The maximum atomic E-state index is 5.57. The van der Waals surface area contributed by atoms with E-state index in [0.29, 0.717) is 12.5 Å². The van der Waals surface area contributed by atoms with E-state index in [1.54, 1.807) is 19.4 Å². The third-order valence-corrected chi connectivity index (χ3v) is 2.31. The van der Waals surface area contributed by atoms with Crippen LogP contribution in [0.2, 0.25) is 0 Å². The number of aryl methyl sites for hydroxylation is 1. The molecule has 5 heteroatoms. The summed E-state index contributed by atoms with van der Waals surface area (Å²) in [4.78, 5) is 4.26. The Morgan fingerprint density at radius 3 is 2.94 bits per heavy atom. The minimum atomic E-state index is 0.409. The molecule has 0 bridgehead atoms. The molecule has 90 valence electrons. The highest BCUT2D eigenvalue weighted by molar-refractivity contribution is 5.17. The maximum Gasteiger partial charge on any atom is 0.213 e. The molecule has 0 saturated carbocycles. The van der Waals surface area contributed by atoms with Gasteiger partial charge in [-0.3, -0.25) is 4.68 Å². The summed E-state index contributed by atoms with van der Waals surface area (Å²) in [7, 11) is 1.60. The fourth-order valence-corrected chi connectivity index (χ4v) is 1.40. The van der Waals surface area contributed by atoms with Gasteiger partial charge in [-0.2, -0.15) is 5.10 Å². The normalized spacial score (nSPS) is 10.2. The first-order valence-corrected chi connectivity index (χ1v) is 5.47. The van der Waals surface area contributed by atoms with Crippen molar-refractivity contribution in [2.24, 2.45) is 0 Å². The average molecular weight is 233 g/mol. The summed E-state index contributed by atoms with van der Waals surface area (Å²) in [5, 5.41) is 4.13. The number of aromatic nitrogens is 3. The van der Waals surface area contributed by atoms with Crippen LogP contribution in [-0.4, -0.2) is 21.9 Å². The lowest BCUT2D eigenvalue weighted by atomic mass is 10.3. The van der Waals surface area contributed by atoms with Gasteiger partial charge in [-0.1, -0.05) is 6.07 Å². The van der Waals surface area contributed by atoms with Gasteiger partial charge in [0.2, 0.25) is 5.88 Å². The molecule has 2 aromatic rings. The van der Waals surface area contributed by atoms with Gasteiger partial charge in [-0.25, -0.2) is 4.98 Å². The van der Waals surface area contributed by atoms with E-state index in [4.69, 9.17) is 9.47 Å². The second-order valence-electron chi connectivity index (χ2n) is 3.49. The lowest BCUT2D eigenvalue weighted by Crippen LogP contribution is -1.99. The van der Waals surface area contributed by atoms with Gasteiger partial charge in [0, 0.05) is 12.6 Å². The number of ether oxygens (including phenoxy) is 2. The van der Waals surface area contributed by atoms with E-state index in [2.05, 4.69) is 10.1 Å². The van der Waals surface area contributed by atoms with Crippen LogP contribution in [0.5, 0.6) is 11.6 Å². The summed E-state index contributed by atoms with van der Waals surface area (Å²) in [6.45, 7) is 3.27. The van der Waals surface area contributed by atoms with E-state index < -0.39 is 0 Å². The Bertz CT molecular complexity index is 482. The number of hydrogen-bond donors (Lipinski definition) is 0. The van der Waals surface area contributed by atoms with Crippen molar-refractivity contribution >= 4 is 0 Å². The molecule has 0 amide bonds. The van der Waals surface area contributed by atoms with Crippen LogP contribution in [-0.2, 0) is 13.2 Å². The van der Waals surface area contributed by atoms with E-state index in [1.807, 2.05) is 29.9 Å². The summed E-state index contributed by atoms with van der Waals surface area (Å²) in [5.74, 6) is 1.34. The van der Waals surface area contributed by atoms with Crippen LogP contribution in [0.25, 0.3) is 0 Å². The Hall–Kier alpha value is -2.04. The van der Waals surface area contributed by atoms with Gasteiger partial charge in [0.25, 0.3) is 0 Å². The van der Waals surface area contributed by atoms with Crippen molar-refractivity contribution in [1.29, 1.82) is 0 Å². The van der Waals surface area contributed by atoms with Crippen molar-refractivity contribution in [2.45, 2.75) is 20.1 Å². The molecule has 2 aromatic heterocycles. The van der Waals surface area contributed by atoms with Gasteiger partial charge in [-0.05, 0) is 13.0 Å². The molecule has 0 atom stereocenters. The predicted molar refractivity (Wildman–Crippen MR) is 63.0 cm³/mol. The van der Waals surface area contributed by atoms with Gasteiger partial charge in [0.15, 0.2) is 5.75 Å². The number of methoxy groups -OCH3 is 1. The summed E-state index contributed by atoms with van der Waals surface area (Å²) in [6.07, 6.45) is 3.56. The van der Waals surface area contributed by atoms with E-state index in [-0.39, 0.29) is 0 Å². The largest absolute Gasteiger partial charge is 0.484 e. The molecule has 2 heterocycles. The van der Waals surface area contributed by atoms with Crippen LogP contribution < -0.4 is 9.47 Å². The first-order valence-electron chi connectivity index (χ1n) is 5.47. The van der Waals surface area contributed by atoms with E-state index >= 15 is 0 Å². The quantitative estimate of drug-likeness (QED) is 0.791. The minimum absolute atomic E-state index is 0.409. The smallest absolute Gasteiger partial charge is 0.213 e. The zero-order valence-corrected chi connectivity index (χ0v) is 9.96. The molecule has 0 aromatic carbocycles. The molecule has 17 heavy (non-hydrogen) atoms. The second-order valence-corrected chi connectivity index (χ2v) is 3.49. The Balaban J connectivity index is 1.96. The van der Waals surface area contributed by atoms with Gasteiger partial charge >= 0.3 is 0 Å². The van der Waals surface area contributed by atoms with Crippen molar-refractivity contribution in [1.82, 2.24) is 14.8 Å². The van der Waals surface area contributed by atoms with Crippen molar-refractivity contribution in [2.75, 3.05) is 7.11 Å². The maximum absolute atomic E-state index is 5.57. The van der Waals surface area contributed by atoms with Gasteiger partial charge < -0.3 is 9.47 Å². The first kappa shape index (κ1) is 11.4. The van der Waals surface area contributed by atoms with Crippen molar-refractivity contribution in [3.05, 3.63) is 36.3 Å². The third kappa shape index (κ3) is 2.96. The fourth-order valence-electron chi connectivity index (χ4n) is 1.40. The monoisotopic (exact) mass is 233 g/mol. The number of hydrogen-bond acceptors (Lipinski definition) is 4. The lowest BCUT2D eigenvalue weighted by molar-refractivity contribution is 0.297. The highest BCUT2D eigenvalue weighted by atomic mass is 16.5. The van der Waals surface area contributed by atoms with E-state index in [1.165, 1.54) is 0 Å². The lowest BCUT2D eigenvalue weighted by Gasteiger charge is -2.04. The highest BCUT2D eigenvalue weighted by Crippen LogP contribution is 2.12. The molecule has 0 saturated heterocycles. The fraction of sp³-hybridized carbons (Fsp3) is 0.333. The molecule has 0 N–H and O–H groups in total. The van der Waals surface area contributed by atoms with Crippen molar-refractivity contribution < 1.29 is 9.47 Å². The molecule has 0 spiro atoms. The first-order chi connectivity index (χ1) is 8.31. The Morgan fingerprint density at radius 1 is 1.35 bits per heavy atom. The second kappa shape index (κ2) is 5.34. The van der Waals surface area contributed by atoms with Gasteiger partial charge in [-0.15, -0.1) is 0 Å². The Morgan fingerprint density at radius 2 is 2.24 bits per heavy atom. The molecular weight excluding hydrogens is 218 g/mol. The third-order valence-electron chi connectivity index (χ3n) is 2.31. The van der Waals surface area contributed by atoms with Crippen molar-refractivity contribution in [3.8, 4) is 11.6 Å². The molecule has 0 unspecified atom stereocenters. The van der Waals surface area contributed by atoms with Crippen LogP contribution in [0.1, 0.15) is 12.6 Å². The van der Waals surface area contributed by atoms with Crippen LogP contribution in [0.4, 0.5) is 0 Å². The Kier molecular flexibility index (Phi) is 3.59. The van der Waals surface area contributed by atoms with E-state index in [0.717, 1.165) is 18.0 Å². The van der Waals surface area contributed by atoms with Crippen LogP contribution in [0, 0.1) is 0 Å². The summed E-state index contributed by atoms with van der Waals surface area (Å²) in [5.41, 5.74) is 0.827. The molecule has 0 aliphatic heterocycles. The van der Waals surface area contributed by atoms with Crippen LogP contribution in [0.15, 0.2) is 30.6 Å². The standard InChI is InChI=1S/C12H15N3O2/c1-3-15-8-11(7-13-15)17-9-10-5-4-6-12(14-10)16-2/h4-8H,3,9H2,1-2H3. The number of rotatable bonds is 5. The number of nitrogens with zero attached hydrogens (tertiary/aromatic N) is 3. The summed E-state index contributed by atoms with van der Waals surface area (Å²) >= 11 is 0. The van der Waals surface area contributed by atoms with Crippen LogP contribution in [0.3, 0.4) is 0 Å². The van der Waals surface area contributed by atoms with Gasteiger partial charge in [0.05, 0.1) is 25.2 Å². The average Bonchev–Trinajstić information content (AvgIpc) is 2.84. The highest BCUT2D eigenvalue weighted by Gasteiger charge is 2.01. The summed E-state index contributed by atoms with van der Waals surface area (Å²) < 4.78 is 12.4. The SMILES string of the molecule is CCn1cc(OCc2cccc(OC)n2)cn1. The molecule has 0 aliphatic carbocycles. The molecule has 0 radical (unpaired) electrons. The van der Waals surface area contributed by atoms with Crippen molar-refractivity contribution in [3.63, 3.8) is 0 Å². The molecule has 0 fully saturated rings. The topological polar surface area (TPSA) is 49.2 Å². The zero-order chi connectivity index (χ0) is 12.1. The molecular formula is C12H15N3O2. The van der Waals surface area contributed by atoms with Gasteiger partial charge in [0.1, 0.15) is 6.61 Å². The zero-order valence-electron chi connectivity index (χ0n) is 9.96. The van der Waals surface area contributed by atoms with E-state index in [9.17, 15) is 0 Å². The van der Waals surface area contributed by atoms with Crippen LogP contribution >= 0.6 is 0 Å². The minimum Gasteiger partial charge on any atom is -0.484 e. The Labute approximate surface area is 100 Å². The summed E-state index contributed by atoms with van der Waals surface area (Å²) in [6, 6.07) is 5.59.